The molecule has 4 heterocycles. The molecule has 8 heteroatoms. The highest BCUT2D eigenvalue weighted by atomic mass is 16.1. The second-order valence-electron chi connectivity index (χ2n) is 8.39. The monoisotopic (exact) mass is 415 g/mol. The Morgan fingerprint density at radius 3 is 2.77 bits per heavy atom. The fraction of sp³-hybridized carbons (Fsp3) is 0.348. The van der Waals surface area contributed by atoms with Gasteiger partial charge >= 0.3 is 0 Å². The largest absolute Gasteiger partial charge is 0.384 e. The number of ketones is 1. The van der Waals surface area contributed by atoms with E-state index in [4.69, 9.17) is 5.73 Å². The number of fused-ring (bicyclic) bond motifs is 1. The number of pyridine rings is 2. The van der Waals surface area contributed by atoms with Crippen LogP contribution < -0.4 is 5.73 Å². The molecule has 1 aliphatic rings. The van der Waals surface area contributed by atoms with Crippen molar-refractivity contribution in [2.24, 2.45) is 0 Å². The van der Waals surface area contributed by atoms with E-state index in [0.717, 1.165) is 28.2 Å². The first kappa shape index (κ1) is 19.4. The van der Waals surface area contributed by atoms with Crippen molar-refractivity contribution in [3.8, 4) is 0 Å². The Labute approximate surface area is 180 Å². The zero-order chi connectivity index (χ0) is 21.5. The third-order valence-electron chi connectivity index (χ3n) is 5.90. The van der Waals surface area contributed by atoms with E-state index in [2.05, 4.69) is 43.0 Å². The molecule has 2 N–H and O–H groups in total. The number of nitrogens with two attached hydrogens (primary N) is 1. The van der Waals surface area contributed by atoms with Crippen molar-refractivity contribution in [1.29, 1.82) is 0 Å². The molecule has 0 aliphatic heterocycles. The number of imidazole rings is 1. The van der Waals surface area contributed by atoms with E-state index < -0.39 is 0 Å². The number of Topliss-reactive ketones (excluding diaryl/α,β-unsaturated/α-hetero) is 1. The van der Waals surface area contributed by atoms with Crippen LogP contribution in [0.4, 0.5) is 5.82 Å². The first-order valence-corrected chi connectivity index (χ1v) is 10.6. The van der Waals surface area contributed by atoms with E-state index >= 15 is 0 Å². The molecule has 0 aromatic carbocycles. The predicted octanol–water partition coefficient (Wildman–Crippen LogP) is 3.26. The third-order valence-corrected chi connectivity index (χ3v) is 5.90. The normalized spacial score (nSPS) is 13.7. The van der Waals surface area contributed by atoms with E-state index in [0.29, 0.717) is 36.8 Å². The SMILES string of the molecule is Cc1cc(N)nc(C)c1CCC(=O)c1cn(Cc2cn3cc(C4CC4)ccc3n2)nn1. The molecular formula is C23H25N7O. The molecule has 4 aromatic heterocycles. The van der Waals surface area contributed by atoms with Gasteiger partial charge < -0.3 is 10.1 Å². The van der Waals surface area contributed by atoms with Gasteiger partial charge in [0.1, 0.15) is 17.2 Å². The lowest BCUT2D eigenvalue weighted by atomic mass is 10.0. The second kappa shape index (κ2) is 7.61. The summed E-state index contributed by atoms with van der Waals surface area (Å²) >= 11 is 0. The molecule has 5 rings (SSSR count). The molecule has 0 radical (unpaired) electrons. The molecule has 158 valence electrons. The highest BCUT2D eigenvalue weighted by Crippen LogP contribution is 2.39. The van der Waals surface area contributed by atoms with Gasteiger partial charge in [-0.2, -0.15) is 0 Å². The zero-order valence-corrected chi connectivity index (χ0v) is 17.7. The number of hydrogen-bond donors (Lipinski definition) is 1. The second-order valence-corrected chi connectivity index (χ2v) is 8.39. The van der Waals surface area contributed by atoms with Crippen LogP contribution in [0, 0.1) is 13.8 Å². The van der Waals surface area contributed by atoms with Crippen LogP contribution in [0.3, 0.4) is 0 Å². The van der Waals surface area contributed by atoms with Gasteiger partial charge in [0, 0.05) is 24.5 Å². The van der Waals surface area contributed by atoms with Gasteiger partial charge in [0.05, 0.1) is 18.4 Å². The van der Waals surface area contributed by atoms with Gasteiger partial charge in [-0.25, -0.2) is 14.6 Å². The molecule has 31 heavy (non-hydrogen) atoms. The summed E-state index contributed by atoms with van der Waals surface area (Å²) in [6.07, 6.45) is 9.38. The topological polar surface area (TPSA) is 104 Å². The number of rotatable bonds is 7. The molecule has 1 aliphatic carbocycles. The van der Waals surface area contributed by atoms with Crippen LogP contribution >= 0.6 is 0 Å². The number of nitrogens with zero attached hydrogens (tertiary/aromatic N) is 6. The molecule has 0 spiro atoms. The number of nitrogen functional groups attached to an aromatic ring is 1. The van der Waals surface area contributed by atoms with Crippen molar-refractivity contribution in [2.45, 2.75) is 52.0 Å². The summed E-state index contributed by atoms with van der Waals surface area (Å²) in [6.45, 7) is 4.38. The Morgan fingerprint density at radius 2 is 2.00 bits per heavy atom. The number of aromatic nitrogens is 6. The maximum absolute atomic E-state index is 12.6. The van der Waals surface area contributed by atoms with Gasteiger partial charge in [-0.15, -0.1) is 5.10 Å². The first-order valence-electron chi connectivity index (χ1n) is 10.6. The summed E-state index contributed by atoms with van der Waals surface area (Å²) in [5.74, 6) is 1.17. The van der Waals surface area contributed by atoms with E-state index in [1.165, 1.54) is 18.4 Å². The average molecular weight is 416 g/mol. The summed E-state index contributed by atoms with van der Waals surface area (Å²) in [7, 11) is 0. The smallest absolute Gasteiger partial charge is 0.185 e. The molecule has 1 saturated carbocycles. The number of aryl methyl sites for hydroxylation is 2. The summed E-state index contributed by atoms with van der Waals surface area (Å²) in [6, 6.07) is 6.06. The Morgan fingerprint density at radius 1 is 1.16 bits per heavy atom. The van der Waals surface area contributed by atoms with Crippen molar-refractivity contribution in [3.63, 3.8) is 0 Å². The summed E-state index contributed by atoms with van der Waals surface area (Å²) < 4.78 is 3.73. The summed E-state index contributed by atoms with van der Waals surface area (Å²) in [4.78, 5) is 21.6. The van der Waals surface area contributed by atoms with Gasteiger partial charge in [0.25, 0.3) is 0 Å². The van der Waals surface area contributed by atoms with Gasteiger partial charge in [0.15, 0.2) is 5.78 Å². The molecule has 4 aromatic rings. The lowest BCUT2D eigenvalue weighted by molar-refractivity contribution is 0.0978. The van der Waals surface area contributed by atoms with Crippen molar-refractivity contribution in [3.05, 3.63) is 70.6 Å². The van der Waals surface area contributed by atoms with Crippen molar-refractivity contribution < 1.29 is 4.79 Å². The molecule has 0 bridgehead atoms. The fourth-order valence-corrected chi connectivity index (χ4v) is 4.10. The lowest BCUT2D eigenvalue weighted by Gasteiger charge is -2.09. The standard InChI is InChI=1S/C23H25N7O/c1-14-9-22(24)25-15(2)19(14)6-7-21(31)20-13-30(28-27-20)12-18-11-29-10-17(16-3-4-16)5-8-23(29)26-18/h5,8-11,13,16H,3-4,6-7,12H2,1-2H3,(H2,24,25). The van der Waals surface area contributed by atoms with Crippen molar-refractivity contribution in [2.75, 3.05) is 5.73 Å². The highest BCUT2D eigenvalue weighted by Gasteiger charge is 2.23. The first-order chi connectivity index (χ1) is 15.0. The molecular weight excluding hydrogens is 390 g/mol. The minimum absolute atomic E-state index is 0.0362. The van der Waals surface area contributed by atoms with E-state index in [1.807, 2.05) is 26.1 Å². The lowest BCUT2D eigenvalue weighted by Crippen LogP contribution is -2.06. The molecule has 0 amide bonds. The molecule has 8 nitrogen and oxygen atoms in total. The number of carbonyl (C=O) groups is 1. The van der Waals surface area contributed by atoms with Crippen LogP contribution in [-0.4, -0.2) is 35.1 Å². The Hall–Kier alpha value is -3.55. The van der Waals surface area contributed by atoms with E-state index in [9.17, 15) is 4.79 Å². The Kier molecular flexibility index (Phi) is 4.77. The predicted molar refractivity (Wildman–Crippen MR) is 117 cm³/mol. The fourth-order valence-electron chi connectivity index (χ4n) is 4.10. The van der Waals surface area contributed by atoms with Crippen LogP contribution in [0.2, 0.25) is 0 Å². The average Bonchev–Trinajstić information content (AvgIpc) is 3.34. The number of carbonyl (C=O) groups excluding carboxylic acids is 1. The highest BCUT2D eigenvalue weighted by molar-refractivity contribution is 5.94. The molecule has 0 atom stereocenters. The van der Waals surface area contributed by atoms with Gasteiger partial charge in [0.2, 0.25) is 0 Å². The van der Waals surface area contributed by atoms with Crippen molar-refractivity contribution in [1.82, 2.24) is 29.4 Å². The quantitative estimate of drug-likeness (QED) is 0.465. The van der Waals surface area contributed by atoms with Gasteiger partial charge in [-0.1, -0.05) is 11.3 Å². The Bertz CT molecular complexity index is 1260. The van der Waals surface area contributed by atoms with Crippen LogP contribution in [0.5, 0.6) is 0 Å². The molecule has 0 unspecified atom stereocenters. The third kappa shape index (κ3) is 4.05. The van der Waals surface area contributed by atoms with Gasteiger partial charge in [-0.05, 0) is 67.9 Å². The minimum atomic E-state index is -0.0362. The van der Waals surface area contributed by atoms with Crippen LogP contribution in [-0.2, 0) is 13.0 Å². The van der Waals surface area contributed by atoms with E-state index in [1.54, 1.807) is 10.9 Å². The maximum atomic E-state index is 12.6. The van der Waals surface area contributed by atoms with Crippen LogP contribution in [0.25, 0.3) is 5.65 Å². The van der Waals surface area contributed by atoms with Gasteiger partial charge in [-0.3, -0.25) is 4.79 Å². The minimum Gasteiger partial charge on any atom is -0.384 e. The van der Waals surface area contributed by atoms with Crippen molar-refractivity contribution >= 4 is 17.2 Å². The summed E-state index contributed by atoms with van der Waals surface area (Å²) in [5, 5.41) is 8.20. The number of hydrogen-bond acceptors (Lipinski definition) is 6. The maximum Gasteiger partial charge on any atom is 0.185 e. The molecule has 1 fully saturated rings. The summed E-state index contributed by atoms with van der Waals surface area (Å²) in [5.41, 5.74) is 12.3. The number of anilines is 1. The van der Waals surface area contributed by atoms with Crippen LogP contribution in [0.1, 0.15) is 63.7 Å². The Balaban J connectivity index is 1.25. The zero-order valence-electron chi connectivity index (χ0n) is 17.7. The van der Waals surface area contributed by atoms with Crippen LogP contribution in [0.15, 0.2) is 36.8 Å². The van der Waals surface area contributed by atoms with E-state index in [-0.39, 0.29) is 5.78 Å². The molecule has 0 saturated heterocycles.